The minimum Gasteiger partial charge on any atom is -0.369 e. The van der Waals surface area contributed by atoms with Gasteiger partial charge in [-0.1, -0.05) is 0 Å². The average Bonchev–Trinajstić information content (AvgIpc) is 1.95. The molecule has 0 aromatic carbocycles. The van der Waals surface area contributed by atoms with Gasteiger partial charge in [-0.25, -0.2) is 9.37 Å². The first-order valence-electron chi connectivity index (χ1n) is 3.29. The van der Waals surface area contributed by atoms with Gasteiger partial charge in [0.25, 0.3) is 0 Å². The summed E-state index contributed by atoms with van der Waals surface area (Å²) >= 11 is 2.04. The average molecular weight is 266 g/mol. The van der Waals surface area contributed by atoms with E-state index in [1.807, 2.05) is 29.5 Å². The van der Waals surface area contributed by atoms with E-state index in [9.17, 15) is 4.39 Å². The lowest BCUT2D eigenvalue weighted by atomic mass is 10.4. The van der Waals surface area contributed by atoms with Crippen molar-refractivity contribution < 1.29 is 4.39 Å². The normalized spacial score (nSPS) is 9.73. The molecule has 0 radical (unpaired) electrons. The maximum absolute atomic E-state index is 12.5. The van der Waals surface area contributed by atoms with Gasteiger partial charge < -0.3 is 5.32 Å². The fraction of sp³-hybridized carbons (Fsp3) is 0.286. The molecule has 0 saturated carbocycles. The van der Waals surface area contributed by atoms with E-state index in [0.717, 1.165) is 15.9 Å². The molecule has 0 bridgehead atoms. The van der Waals surface area contributed by atoms with Gasteiger partial charge in [-0.15, -0.1) is 0 Å². The molecule has 0 atom stereocenters. The summed E-state index contributed by atoms with van der Waals surface area (Å²) in [5, 5.41) is 3.02. The number of hydrogen-bond acceptors (Lipinski definition) is 2. The molecule has 11 heavy (non-hydrogen) atoms. The Morgan fingerprint density at radius 3 is 3.00 bits per heavy atom. The van der Waals surface area contributed by atoms with Gasteiger partial charge in [0, 0.05) is 6.54 Å². The number of nitrogens with zero attached hydrogens (tertiary/aromatic N) is 1. The van der Waals surface area contributed by atoms with Crippen molar-refractivity contribution in [2.45, 2.75) is 6.92 Å². The van der Waals surface area contributed by atoms with Crippen LogP contribution in [0, 0.1) is 9.39 Å². The molecular weight excluding hydrogens is 258 g/mol. The number of rotatable bonds is 2. The lowest BCUT2D eigenvalue weighted by molar-refractivity contribution is 0.620. The number of pyridine rings is 1. The van der Waals surface area contributed by atoms with E-state index in [0.29, 0.717) is 0 Å². The van der Waals surface area contributed by atoms with Gasteiger partial charge in [0.05, 0.1) is 9.77 Å². The van der Waals surface area contributed by atoms with Crippen molar-refractivity contribution in [2.75, 3.05) is 11.9 Å². The highest BCUT2D eigenvalue weighted by Gasteiger charge is 1.99. The molecule has 1 N–H and O–H groups in total. The van der Waals surface area contributed by atoms with Crippen LogP contribution in [0.15, 0.2) is 12.3 Å². The first-order chi connectivity index (χ1) is 5.24. The standard InChI is InChI=1S/C7H8FIN2/c1-2-10-7-6(9)3-5(8)4-11-7/h3-4H,2H2,1H3,(H,10,11). The van der Waals surface area contributed by atoms with Crippen molar-refractivity contribution in [1.29, 1.82) is 0 Å². The lowest BCUT2D eigenvalue weighted by Gasteiger charge is -2.03. The van der Waals surface area contributed by atoms with Crippen LogP contribution < -0.4 is 5.32 Å². The van der Waals surface area contributed by atoms with Crippen LogP contribution in [0.4, 0.5) is 10.2 Å². The van der Waals surface area contributed by atoms with E-state index in [-0.39, 0.29) is 5.82 Å². The van der Waals surface area contributed by atoms with Crippen molar-refractivity contribution in [2.24, 2.45) is 0 Å². The smallest absolute Gasteiger partial charge is 0.142 e. The van der Waals surface area contributed by atoms with E-state index in [1.54, 1.807) is 0 Å². The first kappa shape index (κ1) is 8.70. The second kappa shape index (κ2) is 3.85. The molecule has 0 aliphatic carbocycles. The molecule has 1 aromatic heterocycles. The van der Waals surface area contributed by atoms with Crippen molar-refractivity contribution in [3.05, 3.63) is 21.7 Å². The van der Waals surface area contributed by atoms with E-state index >= 15 is 0 Å². The molecule has 0 unspecified atom stereocenters. The van der Waals surface area contributed by atoms with Gasteiger partial charge in [-0.3, -0.25) is 0 Å². The van der Waals surface area contributed by atoms with Gasteiger partial charge in [0.2, 0.25) is 0 Å². The fourth-order valence-electron chi connectivity index (χ4n) is 0.712. The molecular formula is C7H8FIN2. The number of aromatic nitrogens is 1. The highest BCUT2D eigenvalue weighted by atomic mass is 127. The van der Waals surface area contributed by atoms with Crippen molar-refractivity contribution in [1.82, 2.24) is 4.98 Å². The van der Waals surface area contributed by atoms with Crippen molar-refractivity contribution >= 4 is 28.4 Å². The maximum atomic E-state index is 12.5. The number of halogens is 2. The molecule has 0 amide bonds. The molecule has 1 rings (SSSR count). The van der Waals surface area contributed by atoms with Crippen LogP contribution >= 0.6 is 22.6 Å². The topological polar surface area (TPSA) is 24.9 Å². The largest absolute Gasteiger partial charge is 0.369 e. The molecule has 0 fully saturated rings. The van der Waals surface area contributed by atoms with Gasteiger partial charge in [-0.2, -0.15) is 0 Å². The van der Waals surface area contributed by atoms with Crippen LogP contribution in [0.25, 0.3) is 0 Å². The third kappa shape index (κ3) is 2.28. The maximum Gasteiger partial charge on any atom is 0.142 e. The second-order valence-corrected chi connectivity index (χ2v) is 3.18. The summed E-state index contributed by atoms with van der Waals surface area (Å²) in [6, 6.07) is 1.45. The molecule has 60 valence electrons. The molecule has 4 heteroatoms. The highest BCUT2D eigenvalue weighted by molar-refractivity contribution is 14.1. The quantitative estimate of drug-likeness (QED) is 0.830. The summed E-state index contributed by atoms with van der Waals surface area (Å²) in [5.41, 5.74) is 0. The summed E-state index contributed by atoms with van der Waals surface area (Å²) in [6.45, 7) is 2.77. The zero-order valence-corrected chi connectivity index (χ0v) is 8.22. The van der Waals surface area contributed by atoms with Crippen LogP contribution in [-0.4, -0.2) is 11.5 Å². The van der Waals surface area contributed by atoms with Crippen molar-refractivity contribution in [3.8, 4) is 0 Å². The Balaban J connectivity index is 2.90. The first-order valence-corrected chi connectivity index (χ1v) is 4.37. The molecule has 0 aliphatic rings. The van der Waals surface area contributed by atoms with E-state index < -0.39 is 0 Å². The van der Waals surface area contributed by atoms with Crippen LogP contribution in [-0.2, 0) is 0 Å². The Kier molecular flexibility index (Phi) is 3.04. The third-order valence-corrected chi connectivity index (χ3v) is 1.97. The van der Waals surface area contributed by atoms with E-state index in [4.69, 9.17) is 0 Å². The zero-order chi connectivity index (χ0) is 8.27. The Morgan fingerprint density at radius 2 is 2.45 bits per heavy atom. The summed E-state index contributed by atoms with van der Waals surface area (Å²) in [7, 11) is 0. The van der Waals surface area contributed by atoms with Crippen LogP contribution in [0.5, 0.6) is 0 Å². The number of hydrogen-bond donors (Lipinski definition) is 1. The Morgan fingerprint density at radius 1 is 1.73 bits per heavy atom. The molecule has 0 saturated heterocycles. The van der Waals surface area contributed by atoms with Crippen molar-refractivity contribution in [3.63, 3.8) is 0 Å². The lowest BCUT2D eigenvalue weighted by Crippen LogP contribution is -2.01. The predicted octanol–water partition coefficient (Wildman–Crippen LogP) is 2.26. The summed E-state index contributed by atoms with van der Waals surface area (Å²) in [5.74, 6) is 0.450. The molecule has 0 aliphatic heterocycles. The monoisotopic (exact) mass is 266 g/mol. The van der Waals surface area contributed by atoms with Crippen LogP contribution in [0.1, 0.15) is 6.92 Å². The Hall–Kier alpha value is -0.390. The highest BCUT2D eigenvalue weighted by Crippen LogP contribution is 2.14. The molecule has 0 spiro atoms. The Bertz CT molecular complexity index is 252. The summed E-state index contributed by atoms with van der Waals surface area (Å²) in [4.78, 5) is 3.87. The minimum atomic E-state index is -0.295. The molecule has 1 aromatic rings. The summed E-state index contributed by atoms with van der Waals surface area (Å²) in [6.07, 6.45) is 1.21. The Labute approximate surface area is 78.4 Å². The SMILES string of the molecule is CCNc1ncc(F)cc1I. The molecule has 2 nitrogen and oxygen atoms in total. The van der Waals surface area contributed by atoms with Crippen LogP contribution in [0.2, 0.25) is 0 Å². The minimum absolute atomic E-state index is 0.295. The van der Waals surface area contributed by atoms with Gasteiger partial charge in [0.15, 0.2) is 0 Å². The van der Waals surface area contributed by atoms with Gasteiger partial charge >= 0.3 is 0 Å². The fourth-order valence-corrected chi connectivity index (χ4v) is 1.34. The van der Waals surface area contributed by atoms with Gasteiger partial charge in [-0.05, 0) is 35.6 Å². The number of anilines is 1. The number of nitrogens with one attached hydrogen (secondary N) is 1. The predicted molar refractivity (Wildman–Crippen MR) is 51.1 cm³/mol. The third-order valence-electron chi connectivity index (χ3n) is 1.15. The van der Waals surface area contributed by atoms with Gasteiger partial charge in [0.1, 0.15) is 11.6 Å². The van der Waals surface area contributed by atoms with Crippen LogP contribution in [0.3, 0.4) is 0 Å². The molecule has 1 heterocycles. The van der Waals surface area contributed by atoms with E-state index in [2.05, 4.69) is 10.3 Å². The van der Waals surface area contributed by atoms with E-state index in [1.165, 1.54) is 12.3 Å². The zero-order valence-electron chi connectivity index (χ0n) is 6.06. The second-order valence-electron chi connectivity index (χ2n) is 2.01. The summed E-state index contributed by atoms with van der Waals surface area (Å²) < 4.78 is 13.3.